The van der Waals surface area contributed by atoms with Crippen LogP contribution in [-0.4, -0.2) is 37.8 Å². The molecule has 3 rings (SSSR count). The molecule has 1 aliphatic carbocycles. The highest BCUT2D eigenvalue weighted by atomic mass is 32.2. The van der Waals surface area contributed by atoms with Gasteiger partial charge in [-0.15, -0.1) is 0 Å². The van der Waals surface area contributed by atoms with Gasteiger partial charge < -0.3 is 10.1 Å². The van der Waals surface area contributed by atoms with Gasteiger partial charge in [-0.2, -0.15) is 4.31 Å². The van der Waals surface area contributed by atoms with Crippen LogP contribution < -0.4 is 10.1 Å². The number of anilines is 1. The van der Waals surface area contributed by atoms with Gasteiger partial charge in [-0.05, 0) is 57.2 Å². The van der Waals surface area contributed by atoms with Gasteiger partial charge in [0.25, 0.3) is 0 Å². The number of sulfonamides is 1. The molecule has 7 heteroatoms. The average molecular weight is 381 g/mol. The SMILES string of the molecule is CC(C)Oc1ccc(S(=O)(=O)N2CCCCC2)cc1NC(=O)C1CC1C. The second-order valence-electron chi connectivity index (χ2n) is 7.60. The van der Waals surface area contributed by atoms with Crippen LogP contribution in [0.15, 0.2) is 23.1 Å². The average Bonchev–Trinajstić information content (AvgIpc) is 3.33. The van der Waals surface area contributed by atoms with E-state index in [9.17, 15) is 13.2 Å². The summed E-state index contributed by atoms with van der Waals surface area (Å²) in [6.07, 6.45) is 3.63. The molecule has 2 fully saturated rings. The molecule has 2 atom stereocenters. The molecule has 1 heterocycles. The fourth-order valence-corrected chi connectivity index (χ4v) is 4.83. The van der Waals surface area contributed by atoms with Crippen molar-refractivity contribution in [3.05, 3.63) is 18.2 Å². The Hall–Kier alpha value is -1.60. The second-order valence-corrected chi connectivity index (χ2v) is 9.54. The number of amides is 1. The van der Waals surface area contributed by atoms with Crippen LogP contribution in [0.5, 0.6) is 5.75 Å². The highest BCUT2D eigenvalue weighted by molar-refractivity contribution is 7.89. The first-order valence-electron chi connectivity index (χ1n) is 9.41. The lowest BCUT2D eigenvalue weighted by Crippen LogP contribution is -2.35. The van der Waals surface area contributed by atoms with Gasteiger partial charge >= 0.3 is 0 Å². The van der Waals surface area contributed by atoms with Crippen LogP contribution >= 0.6 is 0 Å². The largest absolute Gasteiger partial charge is 0.489 e. The molecule has 6 nitrogen and oxygen atoms in total. The van der Waals surface area contributed by atoms with Crippen molar-refractivity contribution in [1.29, 1.82) is 0 Å². The van der Waals surface area contributed by atoms with Gasteiger partial charge in [0.15, 0.2) is 0 Å². The number of carbonyl (C=O) groups is 1. The van der Waals surface area contributed by atoms with Crippen molar-refractivity contribution in [2.75, 3.05) is 18.4 Å². The van der Waals surface area contributed by atoms with Crippen LogP contribution in [0.25, 0.3) is 0 Å². The van der Waals surface area contributed by atoms with Crippen molar-refractivity contribution < 1.29 is 17.9 Å². The molecule has 1 saturated heterocycles. The Morgan fingerprint density at radius 1 is 1.23 bits per heavy atom. The number of rotatable bonds is 6. The first-order chi connectivity index (χ1) is 12.3. The zero-order chi connectivity index (χ0) is 18.9. The lowest BCUT2D eigenvalue weighted by Gasteiger charge is -2.26. The normalized spacial score (nSPS) is 23.7. The molecular weight excluding hydrogens is 352 g/mol. The highest BCUT2D eigenvalue weighted by Gasteiger charge is 2.39. The summed E-state index contributed by atoms with van der Waals surface area (Å²) < 4.78 is 33.2. The van der Waals surface area contributed by atoms with E-state index in [1.165, 1.54) is 10.4 Å². The maximum absolute atomic E-state index is 12.9. The third kappa shape index (κ3) is 4.20. The van der Waals surface area contributed by atoms with Gasteiger partial charge in [-0.3, -0.25) is 4.79 Å². The fraction of sp³-hybridized carbons (Fsp3) is 0.632. The molecule has 0 spiro atoms. The summed E-state index contributed by atoms with van der Waals surface area (Å²) >= 11 is 0. The van der Waals surface area contributed by atoms with Gasteiger partial charge in [0.1, 0.15) is 5.75 Å². The summed E-state index contributed by atoms with van der Waals surface area (Å²) in [6.45, 7) is 6.93. The zero-order valence-electron chi connectivity index (χ0n) is 15.7. The molecule has 1 N–H and O–H groups in total. The molecule has 1 aromatic rings. The predicted octanol–water partition coefficient (Wildman–Crippen LogP) is 3.24. The van der Waals surface area contributed by atoms with Crippen LogP contribution in [0.4, 0.5) is 5.69 Å². The van der Waals surface area contributed by atoms with Crippen LogP contribution in [0.3, 0.4) is 0 Å². The second kappa shape index (κ2) is 7.56. The van der Waals surface area contributed by atoms with Gasteiger partial charge in [0.05, 0.1) is 16.7 Å². The molecule has 2 unspecified atom stereocenters. The summed E-state index contributed by atoms with van der Waals surface area (Å²) in [6, 6.07) is 4.74. The molecule has 0 aromatic heterocycles. The number of ether oxygens (including phenoxy) is 1. The van der Waals surface area contributed by atoms with E-state index >= 15 is 0 Å². The van der Waals surface area contributed by atoms with Gasteiger partial charge in [0.2, 0.25) is 15.9 Å². The smallest absolute Gasteiger partial charge is 0.243 e. The van der Waals surface area contributed by atoms with Crippen molar-refractivity contribution in [2.24, 2.45) is 11.8 Å². The van der Waals surface area contributed by atoms with Crippen molar-refractivity contribution in [1.82, 2.24) is 4.31 Å². The molecular formula is C19H28N2O4S. The van der Waals surface area contributed by atoms with E-state index < -0.39 is 10.0 Å². The van der Waals surface area contributed by atoms with E-state index in [0.717, 1.165) is 25.7 Å². The lowest BCUT2D eigenvalue weighted by atomic mass is 10.2. The summed E-state index contributed by atoms with van der Waals surface area (Å²) in [5.74, 6) is 0.812. The minimum absolute atomic E-state index is 0.00394. The number of hydrogen-bond acceptors (Lipinski definition) is 4. The molecule has 0 radical (unpaired) electrons. The lowest BCUT2D eigenvalue weighted by molar-refractivity contribution is -0.117. The van der Waals surface area contributed by atoms with E-state index in [1.807, 2.05) is 20.8 Å². The summed E-state index contributed by atoms with van der Waals surface area (Å²) in [4.78, 5) is 12.6. The summed E-state index contributed by atoms with van der Waals surface area (Å²) in [5, 5.41) is 2.88. The Kier molecular flexibility index (Phi) is 5.58. The minimum Gasteiger partial charge on any atom is -0.489 e. The van der Waals surface area contributed by atoms with Crippen molar-refractivity contribution in [2.45, 2.75) is 57.5 Å². The van der Waals surface area contributed by atoms with E-state index in [4.69, 9.17) is 4.74 Å². The molecule has 1 aromatic carbocycles. The zero-order valence-corrected chi connectivity index (χ0v) is 16.5. The minimum atomic E-state index is -3.55. The molecule has 0 bridgehead atoms. The quantitative estimate of drug-likeness (QED) is 0.822. The maximum Gasteiger partial charge on any atom is 0.243 e. The van der Waals surface area contributed by atoms with Crippen LogP contribution in [0, 0.1) is 11.8 Å². The summed E-state index contributed by atoms with van der Waals surface area (Å²) in [7, 11) is -3.55. The highest BCUT2D eigenvalue weighted by Crippen LogP contribution is 2.39. The first-order valence-corrected chi connectivity index (χ1v) is 10.8. The van der Waals surface area contributed by atoms with Crippen LogP contribution in [0.1, 0.15) is 46.5 Å². The van der Waals surface area contributed by atoms with E-state index in [0.29, 0.717) is 30.4 Å². The Morgan fingerprint density at radius 2 is 1.88 bits per heavy atom. The molecule has 1 saturated carbocycles. The maximum atomic E-state index is 12.9. The number of nitrogens with zero attached hydrogens (tertiary/aromatic N) is 1. The van der Waals surface area contributed by atoms with E-state index in [1.54, 1.807) is 12.1 Å². The third-order valence-electron chi connectivity index (χ3n) is 4.97. The molecule has 1 aliphatic heterocycles. The first kappa shape index (κ1) is 19.2. The van der Waals surface area contributed by atoms with Crippen molar-refractivity contribution >= 4 is 21.6 Å². The van der Waals surface area contributed by atoms with Gasteiger partial charge in [-0.1, -0.05) is 13.3 Å². The van der Waals surface area contributed by atoms with Crippen molar-refractivity contribution in [3.8, 4) is 5.75 Å². The number of carbonyl (C=O) groups excluding carboxylic acids is 1. The van der Waals surface area contributed by atoms with Gasteiger partial charge in [0, 0.05) is 19.0 Å². The number of benzene rings is 1. The standard InChI is InChI=1S/C19H28N2O4S/c1-13(2)25-18-8-7-15(26(23,24)21-9-5-4-6-10-21)12-17(18)20-19(22)16-11-14(16)3/h7-8,12-14,16H,4-6,9-11H2,1-3H3,(H,20,22). The predicted molar refractivity (Wildman–Crippen MR) is 101 cm³/mol. The fourth-order valence-electron chi connectivity index (χ4n) is 3.29. The Balaban J connectivity index is 1.89. The monoisotopic (exact) mass is 380 g/mol. The molecule has 26 heavy (non-hydrogen) atoms. The number of hydrogen-bond donors (Lipinski definition) is 1. The van der Waals surface area contributed by atoms with Gasteiger partial charge in [-0.25, -0.2) is 8.42 Å². The Morgan fingerprint density at radius 3 is 2.46 bits per heavy atom. The van der Waals surface area contributed by atoms with Crippen LogP contribution in [0.2, 0.25) is 0 Å². The third-order valence-corrected chi connectivity index (χ3v) is 6.87. The summed E-state index contributed by atoms with van der Waals surface area (Å²) in [5.41, 5.74) is 0.431. The van der Waals surface area contributed by atoms with Crippen LogP contribution in [-0.2, 0) is 14.8 Å². The topological polar surface area (TPSA) is 75.7 Å². The number of piperidine rings is 1. The Bertz CT molecular complexity index is 770. The number of nitrogens with one attached hydrogen (secondary N) is 1. The Labute approximate surface area is 156 Å². The van der Waals surface area contributed by atoms with E-state index in [2.05, 4.69) is 5.32 Å². The van der Waals surface area contributed by atoms with E-state index in [-0.39, 0.29) is 22.8 Å². The molecule has 144 valence electrons. The van der Waals surface area contributed by atoms with Crippen molar-refractivity contribution in [3.63, 3.8) is 0 Å². The molecule has 2 aliphatic rings. The molecule has 1 amide bonds.